The molecular formula is C34H51N3O4SSi. The molecule has 7 nitrogen and oxygen atoms in total. The SMILES string of the molecule is COc1ccc(S(=O)(=O)NCC(C)(C)c2cccc3cc(O[Si](C(C)C)(C(C)C)C(C)C)ccc23)cc1N1CCNCC1. The van der Waals surface area contributed by atoms with E-state index in [9.17, 15) is 8.42 Å². The topological polar surface area (TPSA) is 79.9 Å². The van der Waals surface area contributed by atoms with Gasteiger partial charge in [0.25, 0.3) is 8.32 Å². The Hall–Kier alpha value is -2.59. The van der Waals surface area contributed by atoms with Crippen LogP contribution in [-0.4, -0.2) is 56.6 Å². The van der Waals surface area contributed by atoms with Gasteiger partial charge >= 0.3 is 0 Å². The van der Waals surface area contributed by atoms with Crippen molar-refractivity contribution in [2.24, 2.45) is 0 Å². The van der Waals surface area contributed by atoms with Crippen LogP contribution >= 0.6 is 0 Å². The van der Waals surface area contributed by atoms with E-state index < -0.39 is 23.8 Å². The van der Waals surface area contributed by atoms with E-state index in [2.05, 4.69) is 107 Å². The summed E-state index contributed by atoms with van der Waals surface area (Å²) >= 11 is 0. The summed E-state index contributed by atoms with van der Waals surface area (Å²) < 4.78 is 42.5. The van der Waals surface area contributed by atoms with Crippen molar-refractivity contribution < 1.29 is 17.6 Å². The molecular weight excluding hydrogens is 575 g/mol. The van der Waals surface area contributed by atoms with Gasteiger partial charge in [-0.2, -0.15) is 0 Å². The first-order valence-electron chi connectivity index (χ1n) is 15.6. The third-order valence-electron chi connectivity index (χ3n) is 9.21. The summed E-state index contributed by atoms with van der Waals surface area (Å²) in [4.78, 5) is 2.41. The molecule has 43 heavy (non-hydrogen) atoms. The first-order chi connectivity index (χ1) is 20.2. The van der Waals surface area contributed by atoms with Gasteiger partial charge in [0.05, 0.1) is 17.7 Å². The molecule has 0 amide bonds. The van der Waals surface area contributed by atoms with Crippen molar-refractivity contribution in [3.8, 4) is 11.5 Å². The van der Waals surface area contributed by atoms with E-state index in [1.807, 2.05) is 0 Å². The number of ether oxygens (including phenoxy) is 1. The number of methoxy groups -OCH3 is 1. The van der Waals surface area contributed by atoms with Gasteiger partial charge in [0.1, 0.15) is 11.5 Å². The molecule has 0 bridgehead atoms. The molecule has 3 aromatic carbocycles. The summed E-state index contributed by atoms with van der Waals surface area (Å²) in [6.45, 7) is 21.5. The Bertz CT molecular complexity index is 1490. The average molecular weight is 626 g/mol. The fourth-order valence-corrected chi connectivity index (χ4v) is 13.4. The average Bonchev–Trinajstić information content (AvgIpc) is 2.98. The van der Waals surface area contributed by atoms with Crippen LogP contribution in [0.1, 0.15) is 61.0 Å². The molecule has 0 saturated carbocycles. The highest BCUT2D eigenvalue weighted by molar-refractivity contribution is 7.89. The van der Waals surface area contributed by atoms with Crippen LogP contribution in [-0.2, 0) is 15.4 Å². The molecule has 2 N–H and O–H groups in total. The van der Waals surface area contributed by atoms with Crippen LogP contribution in [0.4, 0.5) is 5.69 Å². The standard InChI is InChI=1S/C34H51N3O4SSi/c1-24(2)43(25(3)4,26(5)6)41-28-13-15-30-27(21-28)11-10-12-31(30)34(7,8)23-36-42(38,39)29-14-16-33(40-9)32(22-29)37-19-17-35-18-20-37/h10-16,21-22,24-26,35-36H,17-20,23H2,1-9H3. The molecule has 0 aromatic heterocycles. The van der Waals surface area contributed by atoms with Gasteiger partial charge in [-0.05, 0) is 63.3 Å². The number of hydrogen-bond donors (Lipinski definition) is 2. The number of piperazine rings is 1. The summed E-state index contributed by atoms with van der Waals surface area (Å²) in [6.07, 6.45) is 0. The third-order valence-corrected chi connectivity index (χ3v) is 16.6. The fourth-order valence-electron chi connectivity index (χ4n) is 6.92. The molecule has 236 valence electrons. The zero-order valence-electron chi connectivity index (χ0n) is 27.5. The van der Waals surface area contributed by atoms with E-state index in [0.29, 0.717) is 22.4 Å². The number of benzene rings is 3. The second kappa shape index (κ2) is 13.2. The summed E-state index contributed by atoms with van der Waals surface area (Å²) in [5.41, 5.74) is 2.89. The molecule has 0 unspecified atom stereocenters. The highest BCUT2D eigenvalue weighted by atomic mass is 32.2. The van der Waals surface area contributed by atoms with E-state index in [-0.39, 0.29) is 11.4 Å². The Balaban J connectivity index is 1.59. The first-order valence-corrected chi connectivity index (χ1v) is 19.2. The van der Waals surface area contributed by atoms with Crippen LogP contribution in [0.5, 0.6) is 11.5 Å². The summed E-state index contributed by atoms with van der Waals surface area (Å²) in [5.74, 6) is 1.60. The summed E-state index contributed by atoms with van der Waals surface area (Å²) in [6, 6.07) is 17.8. The molecule has 0 spiro atoms. The van der Waals surface area contributed by atoms with Crippen LogP contribution in [0.15, 0.2) is 59.5 Å². The molecule has 4 rings (SSSR count). The molecule has 3 aromatic rings. The largest absolute Gasteiger partial charge is 0.543 e. The number of fused-ring (bicyclic) bond motifs is 1. The molecule has 0 atom stereocenters. The fraction of sp³-hybridized carbons (Fsp3) is 0.529. The van der Waals surface area contributed by atoms with Crippen molar-refractivity contribution in [3.63, 3.8) is 0 Å². The van der Waals surface area contributed by atoms with Gasteiger partial charge in [-0.3, -0.25) is 0 Å². The van der Waals surface area contributed by atoms with Crippen molar-refractivity contribution >= 4 is 34.8 Å². The maximum atomic E-state index is 13.6. The van der Waals surface area contributed by atoms with Gasteiger partial charge < -0.3 is 19.4 Å². The Morgan fingerprint density at radius 1 is 0.930 bits per heavy atom. The minimum Gasteiger partial charge on any atom is -0.543 e. The Labute approximate surface area is 260 Å². The molecule has 1 saturated heterocycles. The zero-order chi connectivity index (χ0) is 31.6. The van der Waals surface area contributed by atoms with Crippen molar-refractivity contribution in [2.45, 2.75) is 82.3 Å². The van der Waals surface area contributed by atoms with Gasteiger partial charge in [0, 0.05) is 38.1 Å². The van der Waals surface area contributed by atoms with Crippen molar-refractivity contribution in [3.05, 3.63) is 60.2 Å². The maximum Gasteiger partial charge on any atom is 0.258 e. The van der Waals surface area contributed by atoms with Gasteiger partial charge in [0.15, 0.2) is 0 Å². The molecule has 1 fully saturated rings. The second-order valence-electron chi connectivity index (χ2n) is 13.4. The molecule has 1 aliphatic rings. The first kappa shape index (κ1) is 33.3. The van der Waals surface area contributed by atoms with Crippen molar-refractivity contribution in [1.82, 2.24) is 10.0 Å². The Morgan fingerprint density at radius 3 is 2.19 bits per heavy atom. The quantitative estimate of drug-likeness (QED) is 0.210. The highest BCUT2D eigenvalue weighted by Gasteiger charge is 2.47. The Morgan fingerprint density at radius 2 is 1.58 bits per heavy atom. The lowest BCUT2D eigenvalue weighted by Gasteiger charge is -2.42. The van der Waals surface area contributed by atoms with Gasteiger partial charge in [0.2, 0.25) is 10.0 Å². The molecule has 9 heteroatoms. The monoisotopic (exact) mass is 625 g/mol. The number of anilines is 1. The van der Waals surface area contributed by atoms with Crippen LogP contribution in [0.25, 0.3) is 10.8 Å². The van der Waals surface area contributed by atoms with E-state index in [1.165, 1.54) is 0 Å². The molecule has 0 aliphatic carbocycles. The predicted octanol–water partition coefficient (Wildman–Crippen LogP) is 7.07. The van der Waals surface area contributed by atoms with E-state index >= 15 is 0 Å². The number of nitrogens with one attached hydrogen (secondary N) is 2. The molecule has 1 heterocycles. The van der Waals surface area contributed by atoms with Crippen LogP contribution in [0, 0.1) is 0 Å². The van der Waals surface area contributed by atoms with Gasteiger partial charge in [-0.15, -0.1) is 0 Å². The number of hydrogen-bond acceptors (Lipinski definition) is 6. The number of nitrogens with zero attached hydrogens (tertiary/aromatic N) is 1. The lowest BCUT2D eigenvalue weighted by Crippen LogP contribution is -2.50. The van der Waals surface area contributed by atoms with Crippen LogP contribution in [0.3, 0.4) is 0 Å². The smallest absolute Gasteiger partial charge is 0.258 e. The van der Waals surface area contributed by atoms with Crippen molar-refractivity contribution in [1.29, 1.82) is 0 Å². The number of sulfonamides is 1. The number of rotatable bonds is 12. The third kappa shape index (κ3) is 6.90. The van der Waals surface area contributed by atoms with Crippen molar-refractivity contribution in [2.75, 3.05) is 44.7 Å². The normalized spacial score (nSPS) is 15.1. The second-order valence-corrected chi connectivity index (χ2v) is 20.5. The minimum absolute atomic E-state index is 0.241. The van der Waals surface area contributed by atoms with Crippen LogP contribution in [0.2, 0.25) is 16.6 Å². The summed E-state index contributed by atoms with van der Waals surface area (Å²) in [5, 5.41) is 5.54. The maximum absolute atomic E-state index is 13.6. The van der Waals surface area contributed by atoms with Gasteiger partial charge in [-0.25, -0.2) is 13.1 Å². The molecule has 1 aliphatic heterocycles. The molecule has 0 radical (unpaired) electrons. The highest BCUT2D eigenvalue weighted by Crippen LogP contribution is 2.43. The lowest BCUT2D eigenvalue weighted by molar-refractivity contribution is 0.412. The summed E-state index contributed by atoms with van der Waals surface area (Å²) in [7, 11) is -4.22. The van der Waals surface area contributed by atoms with Gasteiger partial charge in [-0.1, -0.05) is 79.7 Å². The zero-order valence-corrected chi connectivity index (χ0v) is 29.3. The minimum atomic E-state index is -3.76. The lowest BCUT2D eigenvalue weighted by atomic mass is 9.82. The van der Waals surface area contributed by atoms with E-state index in [0.717, 1.165) is 54.0 Å². The van der Waals surface area contributed by atoms with Crippen LogP contribution < -0.4 is 24.1 Å². The van der Waals surface area contributed by atoms with E-state index in [1.54, 1.807) is 25.3 Å². The van der Waals surface area contributed by atoms with E-state index in [4.69, 9.17) is 9.16 Å². The predicted molar refractivity (Wildman–Crippen MR) is 182 cm³/mol. The Kier molecular flexibility index (Phi) is 10.2.